The van der Waals surface area contributed by atoms with Crippen LogP contribution >= 0.6 is 11.6 Å². The average Bonchev–Trinajstić information content (AvgIpc) is 2.28. The van der Waals surface area contributed by atoms with Crippen LogP contribution in [0.4, 0.5) is 0 Å². The summed E-state index contributed by atoms with van der Waals surface area (Å²) < 4.78 is 0. The molecule has 0 saturated carbocycles. The smallest absolute Gasteiger partial charge is 0.335 e. The van der Waals surface area contributed by atoms with Gasteiger partial charge in [0, 0.05) is 10.6 Å². The molecule has 5 nitrogen and oxygen atoms in total. The number of carboxylic acid groups (broad SMARTS) is 1. The minimum atomic E-state index is -1.31. The second kappa shape index (κ2) is 5.64. The highest BCUT2D eigenvalue weighted by Gasteiger charge is 2.21. The second-order valence-electron chi connectivity index (χ2n) is 3.42. The summed E-state index contributed by atoms with van der Waals surface area (Å²) in [6.07, 6.45) is -2.81. The molecule has 0 fully saturated rings. The number of aliphatic hydroxyl groups is 2. The van der Waals surface area contributed by atoms with Gasteiger partial charge in [0.1, 0.15) is 6.10 Å². The normalized spacial score (nSPS) is 13.8. The molecule has 0 aliphatic carbocycles. The van der Waals surface area contributed by atoms with Gasteiger partial charge < -0.3 is 15.3 Å². The first-order valence-electron chi connectivity index (χ1n) is 4.73. The molecule has 0 aromatic heterocycles. The predicted octanol–water partition coefficient (Wildman–Crippen LogP) is 1.35. The number of hydrogen-bond donors (Lipinski definition) is 3. The van der Waals surface area contributed by atoms with Crippen LogP contribution < -0.4 is 0 Å². The summed E-state index contributed by atoms with van der Waals surface area (Å²) in [5.41, 5.74) is 0.181. The Morgan fingerprint density at radius 2 is 2.12 bits per heavy atom. The zero-order valence-corrected chi connectivity index (χ0v) is 9.42. The predicted molar refractivity (Wildman–Crippen MR) is 59.6 cm³/mol. The number of aliphatic hydroxyl groups excluding tert-OH is 2. The molecule has 17 heavy (non-hydrogen) atoms. The van der Waals surface area contributed by atoms with E-state index in [-0.39, 0.29) is 22.6 Å². The van der Waals surface area contributed by atoms with Crippen LogP contribution in [0.1, 0.15) is 28.4 Å². The van der Waals surface area contributed by atoms with Gasteiger partial charge in [0.25, 0.3) is 0 Å². The fourth-order valence-corrected chi connectivity index (χ4v) is 1.60. The molecule has 0 spiro atoms. The summed E-state index contributed by atoms with van der Waals surface area (Å²) in [6, 6.07) is 5.49. The van der Waals surface area contributed by atoms with Crippen molar-refractivity contribution in [1.82, 2.24) is 0 Å². The second-order valence-corrected chi connectivity index (χ2v) is 3.82. The van der Waals surface area contributed by atoms with Crippen LogP contribution in [0.3, 0.4) is 0 Å². The average molecular weight is 256 g/mol. The highest BCUT2D eigenvalue weighted by Crippen LogP contribution is 2.27. The highest BCUT2D eigenvalue weighted by molar-refractivity contribution is 6.31. The number of aromatic carboxylic acids is 1. The molecule has 0 bridgehead atoms. The summed E-state index contributed by atoms with van der Waals surface area (Å²) in [5, 5.41) is 36.3. The Labute approximate surface area is 102 Å². The zero-order chi connectivity index (χ0) is 13.0. The molecule has 3 N–H and O–H groups in total. The number of carbonyl (C=O) groups is 1. The van der Waals surface area contributed by atoms with Gasteiger partial charge in [-0.2, -0.15) is 5.26 Å². The van der Waals surface area contributed by atoms with Gasteiger partial charge in [-0.3, -0.25) is 0 Å². The van der Waals surface area contributed by atoms with Crippen LogP contribution in [0.5, 0.6) is 0 Å². The standard InChI is InChI=1S/C11H10ClNO4/c12-8-5-6(11(16)17)1-2-7(8)10(15)9(14)3-4-13/h1-2,5,9-10,14-15H,3H2,(H,16,17). The molecule has 2 atom stereocenters. The molecule has 1 aromatic rings. The van der Waals surface area contributed by atoms with Crippen molar-refractivity contribution in [3.8, 4) is 6.07 Å². The Balaban J connectivity index is 3.00. The molecular weight excluding hydrogens is 246 g/mol. The lowest BCUT2D eigenvalue weighted by Gasteiger charge is -2.17. The number of benzene rings is 1. The highest BCUT2D eigenvalue weighted by atomic mass is 35.5. The maximum atomic E-state index is 10.7. The first-order valence-corrected chi connectivity index (χ1v) is 5.11. The molecule has 0 aliphatic rings. The maximum absolute atomic E-state index is 10.7. The summed E-state index contributed by atoms with van der Waals surface area (Å²) >= 11 is 5.80. The molecule has 0 radical (unpaired) electrons. The molecule has 0 saturated heterocycles. The van der Waals surface area contributed by atoms with Crippen LogP contribution in [0.15, 0.2) is 18.2 Å². The van der Waals surface area contributed by atoms with E-state index in [2.05, 4.69) is 0 Å². The fourth-order valence-electron chi connectivity index (χ4n) is 1.31. The molecule has 1 rings (SSSR count). The first-order chi connectivity index (χ1) is 7.97. The van der Waals surface area contributed by atoms with Crippen molar-refractivity contribution >= 4 is 17.6 Å². The van der Waals surface area contributed by atoms with Gasteiger partial charge in [-0.1, -0.05) is 17.7 Å². The Bertz CT molecular complexity index is 469. The third kappa shape index (κ3) is 3.17. The van der Waals surface area contributed by atoms with Crippen molar-refractivity contribution in [2.75, 3.05) is 0 Å². The van der Waals surface area contributed by atoms with E-state index >= 15 is 0 Å². The van der Waals surface area contributed by atoms with E-state index in [9.17, 15) is 15.0 Å². The lowest BCUT2D eigenvalue weighted by atomic mass is 10.0. The number of nitrogens with zero attached hydrogens (tertiary/aromatic N) is 1. The fraction of sp³-hybridized carbons (Fsp3) is 0.273. The third-order valence-electron chi connectivity index (χ3n) is 2.23. The van der Waals surface area contributed by atoms with E-state index < -0.39 is 18.2 Å². The first kappa shape index (κ1) is 13.5. The molecular formula is C11H10ClNO4. The van der Waals surface area contributed by atoms with E-state index in [1.807, 2.05) is 0 Å². The number of nitriles is 1. The third-order valence-corrected chi connectivity index (χ3v) is 2.56. The van der Waals surface area contributed by atoms with Gasteiger partial charge in [0.05, 0.1) is 24.2 Å². The number of halogens is 1. The molecule has 1 aromatic carbocycles. The van der Waals surface area contributed by atoms with Gasteiger partial charge in [-0.05, 0) is 12.1 Å². The van der Waals surface area contributed by atoms with E-state index in [0.29, 0.717) is 0 Å². The van der Waals surface area contributed by atoms with Gasteiger partial charge in [0.15, 0.2) is 0 Å². The quantitative estimate of drug-likeness (QED) is 0.754. The Hall–Kier alpha value is -1.61. The van der Waals surface area contributed by atoms with E-state index in [0.717, 1.165) is 0 Å². The summed E-state index contributed by atoms with van der Waals surface area (Å²) in [5.74, 6) is -1.13. The molecule has 2 unspecified atom stereocenters. The number of hydrogen-bond acceptors (Lipinski definition) is 4. The lowest BCUT2D eigenvalue weighted by molar-refractivity contribution is 0.0217. The van der Waals surface area contributed by atoms with Crippen molar-refractivity contribution in [2.24, 2.45) is 0 Å². The zero-order valence-electron chi connectivity index (χ0n) is 8.67. The Morgan fingerprint density at radius 3 is 2.59 bits per heavy atom. The van der Waals surface area contributed by atoms with Gasteiger partial charge in [-0.15, -0.1) is 0 Å². The van der Waals surface area contributed by atoms with Crippen LogP contribution in [0.25, 0.3) is 0 Å². The number of carboxylic acids is 1. The van der Waals surface area contributed by atoms with Gasteiger partial charge in [-0.25, -0.2) is 4.79 Å². The van der Waals surface area contributed by atoms with Gasteiger partial charge >= 0.3 is 5.97 Å². The van der Waals surface area contributed by atoms with Gasteiger partial charge in [0.2, 0.25) is 0 Å². The van der Waals surface area contributed by atoms with Crippen molar-refractivity contribution in [3.63, 3.8) is 0 Å². The Morgan fingerprint density at radius 1 is 1.47 bits per heavy atom. The molecule has 90 valence electrons. The van der Waals surface area contributed by atoms with Crippen LogP contribution in [0, 0.1) is 11.3 Å². The van der Waals surface area contributed by atoms with Crippen LogP contribution in [-0.4, -0.2) is 27.4 Å². The van der Waals surface area contributed by atoms with Crippen molar-refractivity contribution in [2.45, 2.75) is 18.6 Å². The van der Waals surface area contributed by atoms with Crippen molar-refractivity contribution in [3.05, 3.63) is 34.3 Å². The minimum Gasteiger partial charge on any atom is -0.478 e. The summed E-state index contributed by atoms with van der Waals surface area (Å²) in [6.45, 7) is 0. The van der Waals surface area contributed by atoms with E-state index in [4.69, 9.17) is 22.0 Å². The molecule has 6 heteroatoms. The molecule has 0 aliphatic heterocycles. The van der Waals surface area contributed by atoms with E-state index in [1.54, 1.807) is 6.07 Å². The largest absolute Gasteiger partial charge is 0.478 e. The molecule has 0 heterocycles. The monoisotopic (exact) mass is 255 g/mol. The minimum absolute atomic E-state index is 0.0132. The van der Waals surface area contributed by atoms with Crippen LogP contribution in [0.2, 0.25) is 5.02 Å². The topological polar surface area (TPSA) is 102 Å². The molecule has 0 amide bonds. The maximum Gasteiger partial charge on any atom is 0.335 e. The lowest BCUT2D eigenvalue weighted by Crippen LogP contribution is -2.18. The summed E-state index contributed by atoms with van der Waals surface area (Å²) in [7, 11) is 0. The summed E-state index contributed by atoms with van der Waals surface area (Å²) in [4.78, 5) is 10.7. The van der Waals surface area contributed by atoms with Crippen LogP contribution in [-0.2, 0) is 0 Å². The SMILES string of the molecule is N#CCC(O)C(O)c1ccc(C(=O)O)cc1Cl. The number of rotatable bonds is 4. The van der Waals surface area contributed by atoms with Crippen molar-refractivity contribution < 1.29 is 20.1 Å². The Kier molecular flexibility index (Phi) is 4.46. The van der Waals surface area contributed by atoms with E-state index in [1.165, 1.54) is 18.2 Å². The van der Waals surface area contributed by atoms with Crippen molar-refractivity contribution in [1.29, 1.82) is 5.26 Å².